The Morgan fingerprint density at radius 2 is 2.12 bits per heavy atom. The number of imidazole rings is 1. The molecule has 7 heteroatoms. The van der Waals surface area contributed by atoms with Crippen LogP contribution in [-0.2, 0) is 11.3 Å². The fourth-order valence-corrected chi connectivity index (χ4v) is 3.27. The number of carbonyl (C=O) groups excluding carboxylic acids is 1. The maximum atomic E-state index is 12.2. The number of halogens is 1. The number of hydrogen-bond donors (Lipinski definition) is 1. The minimum Gasteiger partial charge on any atom is -0.341 e. The van der Waals surface area contributed by atoms with E-state index in [-0.39, 0.29) is 11.9 Å². The molecule has 2 N–H and O–H groups in total. The third-order valence-corrected chi connectivity index (χ3v) is 4.51. The van der Waals surface area contributed by atoms with E-state index in [1.54, 1.807) is 0 Å². The standard InChI is InChI=1S/C17H24ClN5O/c1-13(19)9-17(24)22-6-2-5-21(7-8-22)11-15-12-23-10-14(18)3-4-16(23)20-15/h3-4,10,12-13H,2,5-9,11,19H2,1H3. The Bertz CT molecular complexity index is 714. The molecule has 3 heterocycles. The summed E-state index contributed by atoms with van der Waals surface area (Å²) in [6.07, 6.45) is 5.28. The lowest BCUT2D eigenvalue weighted by atomic mass is 10.2. The Hall–Kier alpha value is -1.63. The van der Waals surface area contributed by atoms with Crippen LogP contribution in [0.15, 0.2) is 24.5 Å². The van der Waals surface area contributed by atoms with Crippen LogP contribution in [0.25, 0.3) is 5.65 Å². The van der Waals surface area contributed by atoms with Crippen LogP contribution in [0.4, 0.5) is 0 Å². The lowest BCUT2D eigenvalue weighted by molar-refractivity contribution is -0.131. The van der Waals surface area contributed by atoms with Gasteiger partial charge in [-0.15, -0.1) is 0 Å². The number of nitrogens with two attached hydrogens (primary N) is 1. The van der Waals surface area contributed by atoms with E-state index in [2.05, 4.69) is 9.88 Å². The zero-order valence-corrected chi connectivity index (χ0v) is 14.7. The summed E-state index contributed by atoms with van der Waals surface area (Å²) >= 11 is 6.02. The summed E-state index contributed by atoms with van der Waals surface area (Å²) in [7, 11) is 0. The van der Waals surface area contributed by atoms with Crippen LogP contribution in [0.1, 0.15) is 25.5 Å². The molecule has 0 saturated carbocycles. The highest BCUT2D eigenvalue weighted by molar-refractivity contribution is 6.30. The molecule has 2 aromatic rings. The molecule has 1 amide bonds. The van der Waals surface area contributed by atoms with E-state index in [9.17, 15) is 4.79 Å². The zero-order valence-electron chi connectivity index (χ0n) is 14.0. The van der Waals surface area contributed by atoms with Gasteiger partial charge in [-0.25, -0.2) is 4.98 Å². The molecule has 1 atom stereocenters. The molecule has 0 aliphatic carbocycles. The van der Waals surface area contributed by atoms with Crippen molar-refractivity contribution < 1.29 is 4.79 Å². The van der Waals surface area contributed by atoms with Gasteiger partial charge in [0.2, 0.25) is 5.91 Å². The molecular weight excluding hydrogens is 326 g/mol. The average molecular weight is 350 g/mol. The van der Waals surface area contributed by atoms with Crippen LogP contribution in [0.5, 0.6) is 0 Å². The van der Waals surface area contributed by atoms with Crippen molar-refractivity contribution >= 4 is 23.2 Å². The van der Waals surface area contributed by atoms with E-state index in [1.807, 2.05) is 40.8 Å². The Morgan fingerprint density at radius 3 is 2.92 bits per heavy atom. The monoisotopic (exact) mass is 349 g/mol. The molecule has 1 aliphatic rings. The number of hydrogen-bond acceptors (Lipinski definition) is 4. The van der Waals surface area contributed by atoms with E-state index in [0.717, 1.165) is 50.5 Å². The molecule has 24 heavy (non-hydrogen) atoms. The topological polar surface area (TPSA) is 66.9 Å². The number of fused-ring (bicyclic) bond motifs is 1. The highest BCUT2D eigenvalue weighted by atomic mass is 35.5. The Morgan fingerprint density at radius 1 is 1.29 bits per heavy atom. The van der Waals surface area contributed by atoms with Gasteiger partial charge in [0.05, 0.1) is 10.7 Å². The third kappa shape index (κ3) is 4.26. The number of pyridine rings is 1. The number of aromatic nitrogens is 2. The third-order valence-electron chi connectivity index (χ3n) is 4.29. The quantitative estimate of drug-likeness (QED) is 0.913. The lowest BCUT2D eigenvalue weighted by Gasteiger charge is -2.22. The Balaban J connectivity index is 1.60. The van der Waals surface area contributed by atoms with Crippen LogP contribution in [0.2, 0.25) is 5.02 Å². The molecular formula is C17H24ClN5O. The summed E-state index contributed by atoms with van der Waals surface area (Å²) in [5.41, 5.74) is 7.66. The van der Waals surface area contributed by atoms with Gasteiger partial charge in [-0.3, -0.25) is 9.69 Å². The minimum atomic E-state index is -0.0818. The molecule has 6 nitrogen and oxygen atoms in total. The number of carbonyl (C=O) groups is 1. The summed E-state index contributed by atoms with van der Waals surface area (Å²) < 4.78 is 1.95. The van der Waals surface area contributed by atoms with E-state index in [1.165, 1.54) is 0 Å². The number of rotatable bonds is 4. The molecule has 0 aromatic carbocycles. The van der Waals surface area contributed by atoms with Crippen molar-refractivity contribution in [3.05, 3.63) is 35.2 Å². The molecule has 0 radical (unpaired) electrons. The fraction of sp³-hybridized carbons (Fsp3) is 0.529. The predicted molar refractivity (Wildman–Crippen MR) is 94.9 cm³/mol. The maximum Gasteiger partial charge on any atom is 0.224 e. The SMILES string of the molecule is CC(N)CC(=O)N1CCCN(Cc2cn3cc(Cl)ccc3n2)CC1. The molecule has 1 fully saturated rings. The summed E-state index contributed by atoms with van der Waals surface area (Å²) in [6.45, 7) is 6.05. The first-order chi connectivity index (χ1) is 11.5. The van der Waals surface area contributed by atoms with Crippen molar-refractivity contribution in [1.82, 2.24) is 19.2 Å². The molecule has 1 saturated heterocycles. The van der Waals surface area contributed by atoms with Crippen molar-refractivity contribution in [3.63, 3.8) is 0 Å². The van der Waals surface area contributed by atoms with Gasteiger partial charge >= 0.3 is 0 Å². The normalized spacial score (nSPS) is 17.9. The van der Waals surface area contributed by atoms with E-state index < -0.39 is 0 Å². The summed E-state index contributed by atoms with van der Waals surface area (Å²) in [5, 5.41) is 0.699. The molecule has 0 spiro atoms. The van der Waals surface area contributed by atoms with Crippen LogP contribution in [0.3, 0.4) is 0 Å². The smallest absolute Gasteiger partial charge is 0.224 e. The molecule has 0 bridgehead atoms. The van der Waals surface area contributed by atoms with Crippen LogP contribution < -0.4 is 5.73 Å². The number of nitrogens with zero attached hydrogens (tertiary/aromatic N) is 4. The van der Waals surface area contributed by atoms with Crippen molar-refractivity contribution in [3.8, 4) is 0 Å². The van der Waals surface area contributed by atoms with Crippen LogP contribution in [0, 0.1) is 0 Å². The van der Waals surface area contributed by atoms with Crippen molar-refractivity contribution in [2.75, 3.05) is 26.2 Å². The minimum absolute atomic E-state index is 0.0818. The molecule has 3 rings (SSSR count). The van der Waals surface area contributed by atoms with Crippen molar-refractivity contribution in [1.29, 1.82) is 0 Å². The van der Waals surface area contributed by atoms with Gasteiger partial charge in [0, 0.05) is 57.6 Å². The molecule has 2 aromatic heterocycles. The Labute approximate surface area is 147 Å². The highest BCUT2D eigenvalue weighted by Crippen LogP contribution is 2.14. The molecule has 1 unspecified atom stereocenters. The highest BCUT2D eigenvalue weighted by Gasteiger charge is 2.20. The molecule has 130 valence electrons. The second-order valence-electron chi connectivity index (χ2n) is 6.54. The van der Waals surface area contributed by atoms with E-state index in [0.29, 0.717) is 11.4 Å². The maximum absolute atomic E-state index is 12.2. The first kappa shape index (κ1) is 17.2. The van der Waals surface area contributed by atoms with Crippen molar-refractivity contribution in [2.45, 2.75) is 32.4 Å². The first-order valence-electron chi connectivity index (χ1n) is 8.40. The van der Waals surface area contributed by atoms with Gasteiger partial charge in [0.15, 0.2) is 0 Å². The van der Waals surface area contributed by atoms with Gasteiger partial charge in [0.25, 0.3) is 0 Å². The van der Waals surface area contributed by atoms with Crippen molar-refractivity contribution in [2.24, 2.45) is 5.73 Å². The predicted octanol–water partition coefficient (Wildman–Crippen LogP) is 1.76. The second-order valence-corrected chi connectivity index (χ2v) is 6.97. The van der Waals surface area contributed by atoms with Gasteiger partial charge in [-0.1, -0.05) is 11.6 Å². The summed E-state index contributed by atoms with van der Waals surface area (Å²) in [5.74, 6) is 0.161. The summed E-state index contributed by atoms with van der Waals surface area (Å²) in [4.78, 5) is 21.1. The summed E-state index contributed by atoms with van der Waals surface area (Å²) in [6, 6.07) is 3.69. The zero-order chi connectivity index (χ0) is 17.1. The van der Waals surface area contributed by atoms with Gasteiger partial charge in [0.1, 0.15) is 5.65 Å². The van der Waals surface area contributed by atoms with Gasteiger partial charge in [-0.2, -0.15) is 0 Å². The Kier molecular flexibility index (Phi) is 5.38. The molecule has 1 aliphatic heterocycles. The largest absolute Gasteiger partial charge is 0.341 e. The average Bonchev–Trinajstić information content (AvgIpc) is 2.74. The van der Waals surface area contributed by atoms with E-state index in [4.69, 9.17) is 17.3 Å². The second kappa shape index (κ2) is 7.51. The first-order valence-corrected chi connectivity index (χ1v) is 8.78. The van der Waals surface area contributed by atoms with Gasteiger partial charge < -0.3 is 15.0 Å². The van der Waals surface area contributed by atoms with E-state index >= 15 is 0 Å². The number of amides is 1. The van der Waals surface area contributed by atoms with Crippen LogP contribution in [-0.4, -0.2) is 57.3 Å². The lowest BCUT2D eigenvalue weighted by Crippen LogP contribution is -2.37. The fourth-order valence-electron chi connectivity index (χ4n) is 3.11. The van der Waals surface area contributed by atoms with Gasteiger partial charge in [-0.05, 0) is 25.5 Å². The van der Waals surface area contributed by atoms with Crippen LogP contribution >= 0.6 is 11.6 Å².